The largest absolute Gasteiger partial charge is 0.399 e. The molecule has 1 aliphatic rings. The van der Waals surface area contributed by atoms with Gasteiger partial charge in [0.05, 0.1) is 17.2 Å². The van der Waals surface area contributed by atoms with Gasteiger partial charge in [0.15, 0.2) is 0 Å². The molecule has 1 aliphatic heterocycles. The predicted octanol–water partition coefficient (Wildman–Crippen LogP) is 1.72. The molecule has 2 rings (SSSR count). The summed E-state index contributed by atoms with van der Waals surface area (Å²) in [5.74, 6) is 0. The molecule has 0 bridgehead atoms. The first-order valence-corrected chi connectivity index (χ1v) is 7.83. The van der Waals surface area contributed by atoms with Crippen LogP contribution in [0.1, 0.15) is 13.8 Å². The number of sulfonamides is 1. The lowest BCUT2D eigenvalue weighted by atomic mass is 10.3. The van der Waals surface area contributed by atoms with Crippen molar-refractivity contribution in [2.75, 3.05) is 18.8 Å². The van der Waals surface area contributed by atoms with Crippen LogP contribution in [-0.4, -0.2) is 38.0 Å². The molecule has 1 aromatic rings. The molecule has 0 aliphatic carbocycles. The van der Waals surface area contributed by atoms with E-state index < -0.39 is 10.0 Å². The van der Waals surface area contributed by atoms with Gasteiger partial charge in [0, 0.05) is 18.8 Å². The number of rotatable bonds is 2. The molecule has 0 spiro atoms. The average Bonchev–Trinajstić information content (AvgIpc) is 2.31. The van der Waals surface area contributed by atoms with Crippen LogP contribution in [0, 0.1) is 0 Å². The summed E-state index contributed by atoms with van der Waals surface area (Å²) in [5, 5.41) is 0.181. The molecule has 19 heavy (non-hydrogen) atoms. The lowest BCUT2D eigenvalue weighted by molar-refractivity contribution is -0.0440. The Morgan fingerprint density at radius 1 is 1.32 bits per heavy atom. The van der Waals surface area contributed by atoms with Gasteiger partial charge in [0.1, 0.15) is 4.90 Å². The van der Waals surface area contributed by atoms with Gasteiger partial charge in [-0.3, -0.25) is 0 Å². The Labute approximate surface area is 118 Å². The summed E-state index contributed by atoms with van der Waals surface area (Å²) in [5.41, 5.74) is 6.01. The minimum Gasteiger partial charge on any atom is -0.399 e. The van der Waals surface area contributed by atoms with Gasteiger partial charge in [-0.15, -0.1) is 0 Å². The fourth-order valence-electron chi connectivity index (χ4n) is 2.18. The number of hydrogen-bond donors (Lipinski definition) is 1. The molecule has 1 heterocycles. The summed E-state index contributed by atoms with van der Waals surface area (Å²) in [4.78, 5) is 0.0514. The van der Waals surface area contributed by atoms with E-state index in [1.54, 1.807) is 6.07 Å². The van der Waals surface area contributed by atoms with Gasteiger partial charge < -0.3 is 10.5 Å². The number of ether oxygens (including phenoxy) is 1. The molecule has 7 heteroatoms. The van der Waals surface area contributed by atoms with Crippen LogP contribution in [0.2, 0.25) is 5.02 Å². The predicted molar refractivity (Wildman–Crippen MR) is 74.6 cm³/mol. The van der Waals surface area contributed by atoms with E-state index in [-0.39, 0.29) is 22.1 Å². The number of nitrogens with zero attached hydrogens (tertiary/aromatic N) is 1. The Hall–Kier alpha value is -0.820. The van der Waals surface area contributed by atoms with Gasteiger partial charge in [-0.1, -0.05) is 11.6 Å². The average molecular weight is 305 g/mol. The van der Waals surface area contributed by atoms with E-state index in [9.17, 15) is 8.42 Å². The molecule has 0 radical (unpaired) electrons. The Morgan fingerprint density at radius 3 is 2.47 bits per heavy atom. The van der Waals surface area contributed by atoms with Crippen molar-refractivity contribution in [3.05, 3.63) is 23.2 Å². The molecule has 1 saturated heterocycles. The van der Waals surface area contributed by atoms with Crippen LogP contribution in [0.4, 0.5) is 5.69 Å². The van der Waals surface area contributed by atoms with Gasteiger partial charge in [0.25, 0.3) is 0 Å². The Kier molecular flexibility index (Phi) is 4.06. The minimum atomic E-state index is -3.64. The smallest absolute Gasteiger partial charge is 0.244 e. The third-order valence-electron chi connectivity index (χ3n) is 2.96. The summed E-state index contributed by atoms with van der Waals surface area (Å²) >= 11 is 5.98. The first-order valence-electron chi connectivity index (χ1n) is 6.01. The van der Waals surface area contributed by atoms with Gasteiger partial charge in [-0.2, -0.15) is 4.31 Å². The number of hydrogen-bond acceptors (Lipinski definition) is 4. The van der Waals surface area contributed by atoms with Crippen LogP contribution in [0.15, 0.2) is 23.1 Å². The van der Waals surface area contributed by atoms with Crippen molar-refractivity contribution in [2.24, 2.45) is 0 Å². The molecule has 1 fully saturated rings. The maximum absolute atomic E-state index is 12.6. The lowest BCUT2D eigenvalue weighted by Gasteiger charge is -2.34. The molecule has 106 valence electrons. The Morgan fingerprint density at radius 2 is 1.89 bits per heavy atom. The second-order valence-corrected chi connectivity index (χ2v) is 7.08. The fraction of sp³-hybridized carbons (Fsp3) is 0.500. The van der Waals surface area contributed by atoms with Crippen molar-refractivity contribution in [3.8, 4) is 0 Å². The summed E-state index contributed by atoms with van der Waals surface area (Å²) in [6.45, 7) is 4.33. The van der Waals surface area contributed by atoms with Crippen molar-refractivity contribution < 1.29 is 13.2 Å². The second-order valence-electron chi connectivity index (χ2n) is 4.77. The van der Waals surface area contributed by atoms with E-state index in [0.717, 1.165) is 0 Å². The van der Waals surface area contributed by atoms with Crippen molar-refractivity contribution >= 4 is 27.3 Å². The monoisotopic (exact) mass is 304 g/mol. The van der Waals surface area contributed by atoms with Crippen LogP contribution in [0.25, 0.3) is 0 Å². The topological polar surface area (TPSA) is 72.6 Å². The van der Waals surface area contributed by atoms with Crippen LogP contribution in [0.3, 0.4) is 0 Å². The Bertz CT molecular complexity index is 566. The molecule has 0 amide bonds. The third-order valence-corrected chi connectivity index (χ3v) is 5.27. The molecule has 0 aromatic heterocycles. The van der Waals surface area contributed by atoms with Gasteiger partial charge >= 0.3 is 0 Å². The van der Waals surface area contributed by atoms with E-state index in [1.165, 1.54) is 16.4 Å². The maximum atomic E-state index is 12.6. The molecule has 0 saturated carbocycles. The number of morpholine rings is 1. The molecular weight excluding hydrogens is 288 g/mol. The number of anilines is 1. The number of nitrogen functional groups attached to an aromatic ring is 1. The van der Waals surface area contributed by atoms with E-state index in [0.29, 0.717) is 18.8 Å². The molecule has 5 nitrogen and oxygen atoms in total. The van der Waals surface area contributed by atoms with Gasteiger partial charge in [0.2, 0.25) is 10.0 Å². The second kappa shape index (κ2) is 5.28. The van der Waals surface area contributed by atoms with E-state index in [1.807, 2.05) is 13.8 Å². The third kappa shape index (κ3) is 3.02. The van der Waals surface area contributed by atoms with Gasteiger partial charge in [-0.25, -0.2) is 8.42 Å². The highest BCUT2D eigenvalue weighted by molar-refractivity contribution is 7.89. The maximum Gasteiger partial charge on any atom is 0.244 e. The zero-order valence-electron chi connectivity index (χ0n) is 10.8. The summed E-state index contributed by atoms with van der Waals surface area (Å²) in [6, 6.07) is 4.46. The van der Waals surface area contributed by atoms with Crippen molar-refractivity contribution in [3.63, 3.8) is 0 Å². The zero-order chi connectivity index (χ0) is 14.2. The summed E-state index contributed by atoms with van der Waals surface area (Å²) in [7, 11) is -3.64. The summed E-state index contributed by atoms with van der Waals surface area (Å²) in [6.07, 6.45) is -0.281. The van der Waals surface area contributed by atoms with Crippen LogP contribution < -0.4 is 5.73 Å². The van der Waals surface area contributed by atoms with Crippen LogP contribution in [0.5, 0.6) is 0 Å². The lowest BCUT2D eigenvalue weighted by Crippen LogP contribution is -2.48. The normalized spacial score (nSPS) is 25.4. The molecule has 0 unspecified atom stereocenters. The van der Waals surface area contributed by atoms with E-state index >= 15 is 0 Å². The Balaban J connectivity index is 2.39. The zero-order valence-corrected chi connectivity index (χ0v) is 12.4. The fourth-order valence-corrected chi connectivity index (χ4v) is 4.28. The SMILES string of the molecule is C[C@@H]1CN(S(=O)(=O)c2cc(N)ccc2Cl)C[C@H](C)O1. The first-order chi connectivity index (χ1) is 8.80. The van der Waals surface area contributed by atoms with E-state index in [4.69, 9.17) is 22.1 Å². The van der Waals surface area contributed by atoms with Crippen molar-refractivity contribution in [1.82, 2.24) is 4.31 Å². The highest BCUT2D eigenvalue weighted by Crippen LogP contribution is 2.28. The first kappa shape index (κ1) is 14.6. The molecule has 2 N–H and O–H groups in total. The minimum absolute atomic E-state index is 0.0514. The highest BCUT2D eigenvalue weighted by Gasteiger charge is 2.33. The molecule has 2 atom stereocenters. The van der Waals surface area contributed by atoms with Gasteiger partial charge in [-0.05, 0) is 32.0 Å². The number of benzene rings is 1. The summed E-state index contributed by atoms with van der Waals surface area (Å²) < 4.78 is 32.1. The number of nitrogens with two attached hydrogens (primary N) is 1. The molecule has 1 aromatic carbocycles. The standard InChI is InChI=1S/C12H17ClN2O3S/c1-8-6-15(7-9(2)18-8)19(16,17)12-5-10(14)3-4-11(12)13/h3-5,8-9H,6-7,14H2,1-2H3/t8-,9+. The number of halogens is 1. The van der Waals surface area contributed by atoms with E-state index in [2.05, 4.69) is 0 Å². The molecular formula is C12H17ClN2O3S. The van der Waals surface area contributed by atoms with Crippen LogP contribution in [-0.2, 0) is 14.8 Å². The highest BCUT2D eigenvalue weighted by atomic mass is 35.5. The van der Waals surface area contributed by atoms with Crippen molar-refractivity contribution in [2.45, 2.75) is 31.0 Å². The van der Waals surface area contributed by atoms with Crippen molar-refractivity contribution in [1.29, 1.82) is 0 Å². The van der Waals surface area contributed by atoms with Crippen LogP contribution >= 0.6 is 11.6 Å². The quantitative estimate of drug-likeness (QED) is 0.844.